The summed E-state index contributed by atoms with van der Waals surface area (Å²) >= 11 is 0. The van der Waals surface area contributed by atoms with E-state index in [1.54, 1.807) is 0 Å². The molecule has 0 aliphatic rings. The Hall–Kier alpha value is -5.73. The lowest BCUT2D eigenvalue weighted by Crippen LogP contribution is -1.92. The van der Waals surface area contributed by atoms with Crippen molar-refractivity contribution in [3.05, 3.63) is 164 Å². The first kappa shape index (κ1) is 25.9. The Labute approximate surface area is 257 Å². The van der Waals surface area contributed by atoms with E-state index in [-0.39, 0.29) is 0 Å². The second-order valence-corrected chi connectivity index (χ2v) is 11.4. The van der Waals surface area contributed by atoms with E-state index >= 15 is 0 Å². The zero-order valence-electron chi connectivity index (χ0n) is 24.5. The number of rotatable bonds is 5. The number of nitrogens with zero attached hydrogens (tertiary/aromatic N) is 1. The first-order valence-electron chi connectivity index (χ1n) is 15.0. The molecule has 0 amide bonds. The molecular formula is C42H30N2. The fourth-order valence-electron chi connectivity index (χ4n) is 6.48. The van der Waals surface area contributed by atoms with Gasteiger partial charge in [-0.15, -0.1) is 0 Å². The number of H-pyrrole nitrogens is 1. The van der Waals surface area contributed by atoms with Crippen molar-refractivity contribution in [2.75, 3.05) is 0 Å². The molecule has 208 valence electrons. The van der Waals surface area contributed by atoms with Crippen LogP contribution in [-0.4, -0.2) is 9.97 Å². The molecule has 0 radical (unpaired) electrons. The fourth-order valence-corrected chi connectivity index (χ4v) is 6.48. The van der Waals surface area contributed by atoms with Crippen LogP contribution in [0.15, 0.2) is 158 Å². The van der Waals surface area contributed by atoms with E-state index in [0.717, 1.165) is 11.1 Å². The van der Waals surface area contributed by atoms with Crippen molar-refractivity contribution in [3.63, 3.8) is 0 Å². The Morgan fingerprint density at radius 3 is 1.55 bits per heavy atom. The molecule has 6 aromatic carbocycles. The van der Waals surface area contributed by atoms with Gasteiger partial charge in [-0.05, 0) is 102 Å². The topological polar surface area (TPSA) is 28.7 Å². The predicted octanol–water partition coefficient (Wildman–Crippen LogP) is 11.4. The number of aromatic amines is 1. The van der Waals surface area contributed by atoms with Gasteiger partial charge >= 0.3 is 0 Å². The highest BCUT2D eigenvalue weighted by molar-refractivity contribution is 6.22. The molecule has 2 aromatic heterocycles. The lowest BCUT2D eigenvalue weighted by atomic mass is 9.84. The number of aryl methyl sites for hydroxylation is 1. The van der Waals surface area contributed by atoms with Crippen molar-refractivity contribution in [3.8, 4) is 55.6 Å². The van der Waals surface area contributed by atoms with E-state index in [1.807, 2.05) is 18.5 Å². The zero-order chi connectivity index (χ0) is 29.5. The van der Waals surface area contributed by atoms with Crippen molar-refractivity contribution < 1.29 is 0 Å². The molecule has 0 saturated heterocycles. The summed E-state index contributed by atoms with van der Waals surface area (Å²) in [6, 6.07) is 50.7. The highest BCUT2D eigenvalue weighted by atomic mass is 14.7. The standard InChI is InChI=1S/C42H30N2/c1-28-24-36(27-44-28)31-15-19-33(20-16-31)42-38-12-6-5-11-37(38)41(32-17-13-30(14-18-32)35-10-7-23-43-26-35)39-22-21-34(25-40(39)42)29-8-3-2-4-9-29/h2-27,44H,1H3. The maximum atomic E-state index is 4.32. The number of aromatic nitrogens is 2. The third kappa shape index (κ3) is 4.58. The van der Waals surface area contributed by atoms with Gasteiger partial charge in [-0.2, -0.15) is 0 Å². The highest BCUT2D eigenvalue weighted by Crippen LogP contribution is 2.45. The third-order valence-electron chi connectivity index (χ3n) is 8.63. The number of pyridine rings is 1. The summed E-state index contributed by atoms with van der Waals surface area (Å²) in [5.41, 5.74) is 13.2. The van der Waals surface area contributed by atoms with Crippen molar-refractivity contribution >= 4 is 21.5 Å². The average Bonchev–Trinajstić information content (AvgIpc) is 3.54. The third-order valence-corrected chi connectivity index (χ3v) is 8.63. The van der Waals surface area contributed by atoms with E-state index in [4.69, 9.17) is 0 Å². The highest BCUT2D eigenvalue weighted by Gasteiger charge is 2.18. The van der Waals surface area contributed by atoms with E-state index in [0.29, 0.717) is 0 Å². The van der Waals surface area contributed by atoms with Crippen LogP contribution in [0.2, 0.25) is 0 Å². The zero-order valence-corrected chi connectivity index (χ0v) is 24.5. The molecule has 0 unspecified atom stereocenters. The number of fused-ring (bicyclic) bond motifs is 2. The van der Waals surface area contributed by atoms with Gasteiger partial charge in [0.05, 0.1) is 0 Å². The smallest absolute Gasteiger partial charge is 0.0346 e. The summed E-state index contributed by atoms with van der Waals surface area (Å²) in [5, 5.41) is 5.00. The molecule has 1 N–H and O–H groups in total. The van der Waals surface area contributed by atoms with E-state index < -0.39 is 0 Å². The second kappa shape index (κ2) is 10.8. The van der Waals surface area contributed by atoms with Gasteiger partial charge in [-0.3, -0.25) is 4.98 Å². The van der Waals surface area contributed by atoms with Gasteiger partial charge in [0.25, 0.3) is 0 Å². The van der Waals surface area contributed by atoms with Crippen LogP contribution >= 0.6 is 0 Å². The minimum atomic E-state index is 1.12. The molecule has 0 spiro atoms. The van der Waals surface area contributed by atoms with Crippen LogP contribution in [0.5, 0.6) is 0 Å². The first-order valence-corrected chi connectivity index (χ1v) is 15.0. The Bertz CT molecular complexity index is 2240. The van der Waals surface area contributed by atoms with Crippen LogP contribution in [0.3, 0.4) is 0 Å². The van der Waals surface area contributed by atoms with Crippen LogP contribution in [0.4, 0.5) is 0 Å². The molecule has 8 rings (SSSR count). The lowest BCUT2D eigenvalue weighted by molar-refractivity contribution is 1.27. The number of hydrogen-bond donors (Lipinski definition) is 1. The normalized spacial score (nSPS) is 11.3. The van der Waals surface area contributed by atoms with Gasteiger partial charge in [0.15, 0.2) is 0 Å². The van der Waals surface area contributed by atoms with Crippen molar-refractivity contribution in [1.82, 2.24) is 9.97 Å². The van der Waals surface area contributed by atoms with E-state index in [9.17, 15) is 0 Å². The molecule has 0 fully saturated rings. The number of hydrogen-bond acceptors (Lipinski definition) is 1. The molecule has 8 aromatic rings. The Morgan fingerprint density at radius 1 is 0.409 bits per heavy atom. The Morgan fingerprint density at radius 2 is 0.932 bits per heavy atom. The van der Waals surface area contributed by atoms with Gasteiger partial charge in [0.1, 0.15) is 0 Å². The van der Waals surface area contributed by atoms with Crippen molar-refractivity contribution in [2.45, 2.75) is 6.92 Å². The van der Waals surface area contributed by atoms with Gasteiger partial charge in [0.2, 0.25) is 0 Å². The quantitative estimate of drug-likeness (QED) is 0.208. The Balaban J connectivity index is 1.38. The molecule has 44 heavy (non-hydrogen) atoms. The summed E-state index contributed by atoms with van der Waals surface area (Å²) in [7, 11) is 0. The minimum absolute atomic E-state index is 1.12. The second-order valence-electron chi connectivity index (χ2n) is 11.4. The average molecular weight is 563 g/mol. The monoisotopic (exact) mass is 562 g/mol. The summed E-state index contributed by atoms with van der Waals surface area (Å²) in [5.74, 6) is 0. The predicted molar refractivity (Wildman–Crippen MR) is 186 cm³/mol. The first-order chi connectivity index (χ1) is 21.7. The fraction of sp³-hybridized carbons (Fsp3) is 0.0238. The molecule has 0 aliphatic heterocycles. The SMILES string of the molecule is Cc1cc(-c2ccc(-c3c4ccccc4c(-c4ccc(-c5cccnc5)cc4)c4ccc(-c5ccccc5)cc34)cc2)c[nH]1. The van der Waals surface area contributed by atoms with Gasteiger partial charge in [0, 0.05) is 24.3 Å². The van der Waals surface area contributed by atoms with Gasteiger partial charge in [-0.1, -0.05) is 121 Å². The molecule has 0 saturated carbocycles. The minimum Gasteiger partial charge on any atom is -0.365 e. The molecule has 2 nitrogen and oxygen atoms in total. The summed E-state index contributed by atoms with van der Waals surface area (Å²) in [6.07, 6.45) is 5.81. The van der Waals surface area contributed by atoms with Crippen molar-refractivity contribution in [1.29, 1.82) is 0 Å². The summed E-state index contributed by atoms with van der Waals surface area (Å²) in [4.78, 5) is 7.63. The Kier molecular flexibility index (Phi) is 6.39. The molecule has 0 atom stereocenters. The molecule has 2 heterocycles. The summed E-state index contributed by atoms with van der Waals surface area (Å²) in [6.45, 7) is 2.09. The number of nitrogens with one attached hydrogen (secondary N) is 1. The van der Waals surface area contributed by atoms with E-state index in [1.165, 1.54) is 71.7 Å². The molecular weight excluding hydrogens is 532 g/mol. The van der Waals surface area contributed by atoms with Gasteiger partial charge < -0.3 is 4.98 Å². The maximum Gasteiger partial charge on any atom is 0.0346 e. The largest absolute Gasteiger partial charge is 0.365 e. The molecule has 0 bridgehead atoms. The number of benzene rings is 6. The lowest BCUT2D eigenvalue weighted by Gasteiger charge is -2.19. The van der Waals surface area contributed by atoms with E-state index in [2.05, 4.69) is 157 Å². The van der Waals surface area contributed by atoms with Crippen LogP contribution in [0.1, 0.15) is 5.69 Å². The van der Waals surface area contributed by atoms with Crippen molar-refractivity contribution in [2.24, 2.45) is 0 Å². The van der Waals surface area contributed by atoms with Crippen LogP contribution in [0.25, 0.3) is 77.2 Å². The van der Waals surface area contributed by atoms with Crippen LogP contribution in [-0.2, 0) is 0 Å². The molecule has 0 aliphatic carbocycles. The maximum absolute atomic E-state index is 4.32. The van der Waals surface area contributed by atoms with Crippen LogP contribution in [0, 0.1) is 6.92 Å². The molecule has 2 heteroatoms. The van der Waals surface area contributed by atoms with Gasteiger partial charge in [-0.25, -0.2) is 0 Å². The summed E-state index contributed by atoms with van der Waals surface area (Å²) < 4.78 is 0. The van der Waals surface area contributed by atoms with Crippen LogP contribution < -0.4 is 0 Å².